The lowest BCUT2D eigenvalue weighted by Crippen LogP contribution is -2.43. The van der Waals surface area contributed by atoms with Crippen molar-refractivity contribution in [3.8, 4) is 5.75 Å². The Morgan fingerprint density at radius 3 is 2.52 bits per heavy atom. The van der Waals surface area contributed by atoms with Crippen molar-refractivity contribution in [2.45, 2.75) is 13.8 Å². The topological polar surface area (TPSA) is 67.4 Å². The molecular weight excluding hydrogens is 360 g/mol. The largest absolute Gasteiger partial charge is 0.483 e. The first-order valence-electron chi connectivity index (χ1n) is 7.01. The molecule has 2 aromatic carbocycles. The summed E-state index contributed by atoms with van der Waals surface area (Å²) in [7, 11) is 0. The monoisotopic (exact) mass is 376 g/mol. The van der Waals surface area contributed by atoms with Gasteiger partial charge in [0.1, 0.15) is 5.75 Å². The lowest BCUT2D eigenvalue weighted by Gasteiger charge is -2.11. The second-order valence-electron chi connectivity index (χ2n) is 5.04. The number of hydrogen-bond acceptors (Lipinski definition) is 3. The van der Waals surface area contributed by atoms with Crippen molar-refractivity contribution in [1.29, 1.82) is 0 Å². The zero-order valence-electron chi connectivity index (χ0n) is 12.9. The lowest BCUT2D eigenvalue weighted by molar-refractivity contribution is -0.123. The van der Waals surface area contributed by atoms with Crippen LogP contribution in [0.4, 0.5) is 0 Å². The van der Waals surface area contributed by atoms with Crippen molar-refractivity contribution >= 4 is 27.7 Å². The number of benzene rings is 2. The maximum atomic E-state index is 11.9. The van der Waals surface area contributed by atoms with E-state index in [1.54, 1.807) is 24.3 Å². The fourth-order valence-electron chi connectivity index (χ4n) is 1.98. The maximum absolute atomic E-state index is 11.9. The highest BCUT2D eigenvalue weighted by molar-refractivity contribution is 9.10. The number of nitrogens with one attached hydrogen (secondary N) is 2. The van der Waals surface area contributed by atoms with Crippen molar-refractivity contribution in [2.24, 2.45) is 0 Å². The second kappa shape index (κ2) is 7.78. The van der Waals surface area contributed by atoms with Crippen LogP contribution < -0.4 is 15.6 Å². The zero-order chi connectivity index (χ0) is 16.8. The maximum Gasteiger partial charge on any atom is 0.276 e. The normalized spacial score (nSPS) is 10.0. The Morgan fingerprint density at radius 2 is 1.83 bits per heavy atom. The molecule has 0 saturated heterocycles. The molecule has 0 saturated carbocycles. The summed E-state index contributed by atoms with van der Waals surface area (Å²) in [6.07, 6.45) is 0. The number of rotatable bonds is 4. The highest BCUT2D eigenvalue weighted by atomic mass is 79.9. The van der Waals surface area contributed by atoms with E-state index in [2.05, 4.69) is 26.8 Å². The van der Waals surface area contributed by atoms with Crippen LogP contribution in [0.5, 0.6) is 5.75 Å². The molecule has 120 valence electrons. The molecule has 0 aliphatic rings. The summed E-state index contributed by atoms with van der Waals surface area (Å²) in [4.78, 5) is 23.7. The molecule has 2 N–H and O–H groups in total. The summed E-state index contributed by atoms with van der Waals surface area (Å²) < 4.78 is 6.09. The summed E-state index contributed by atoms with van der Waals surface area (Å²) in [5, 5.41) is 0. The van der Waals surface area contributed by atoms with Gasteiger partial charge in [-0.1, -0.05) is 29.8 Å². The third kappa shape index (κ3) is 4.82. The number of aryl methyl sites for hydroxylation is 2. The number of carbonyl (C=O) groups is 2. The van der Waals surface area contributed by atoms with Crippen molar-refractivity contribution in [1.82, 2.24) is 10.9 Å². The number of carbonyl (C=O) groups excluding carboxylic acids is 2. The Kier molecular flexibility index (Phi) is 5.76. The molecular formula is C17H17BrN2O3. The Hall–Kier alpha value is -2.34. The Balaban J connectivity index is 1.83. The van der Waals surface area contributed by atoms with Crippen molar-refractivity contribution in [3.05, 3.63) is 63.6 Å². The Labute approximate surface area is 143 Å². The van der Waals surface area contributed by atoms with E-state index in [0.29, 0.717) is 15.8 Å². The average molecular weight is 377 g/mol. The smallest absolute Gasteiger partial charge is 0.276 e. The van der Waals surface area contributed by atoms with Crippen LogP contribution in [0, 0.1) is 13.8 Å². The van der Waals surface area contributed by atoms with Gasteiger partial charge in [0.2, 0.25) is 0 Å². The highest BCUT2D eigenvalue weighted by Gasteiger charge is 2.11. The molecule has 0 unspecified atom stereocenters. The second-order valence-corrected chi connectivity index (χ2v) is 5.89. The van der Waals surface area contributed by atoms with Crippen LogP contribution in [0.3, 0.4) is 0 Å². The molecule has 2 aromatic rings. The number of ether oxygens (including phenoxy) is 1. The first-order valence-corrected chi connectivity index (χ1v) is 7.80. The van der Waals surface area contributed by atoms with Gasteiger partial charge in [-0.15, -0.1) is 0 Å². The zero-order valence-corrected chi connectivity index (χ0v) is 14.4. The highest BCUT2D eigenvalue weighted by Crippen LogP contribution is 2.18. The Bertz CT molecular complexity index is 732. The van der Waals surface area contributed by atoms with Gasteiger partial charge in [-0.25, -0.2) is 0 Å². The molecule has 0 bridgehead atoms. The molecule has 2 amide bonds. The van der Waals surface area contributed by atoms with E-state index in [-0.39, 0.29) is 6.61 Å². The number of hydrazine groups is 1. The van der Waals surface area contributed by atoms with E-state index in [4.69, 9.17) is 4.74 Å². The predicted molar refractivity (Wildman–Crippen MR) is 91.2 cm³/mol. The lowest BCUT2D eigenvalue weighted by atomic mass is 10.1. The first-order chi connectivity index (χ1) is 11.0. The van der Waals surface area contributed by atoms with Gasteiger partial charge in [0.15, 0.2) is 6.61 Å². The minimum Gasteiger partial charge on any atom is -0.483 e. The quantitative estimate of drug-likeness (QED) is 0.806. The third-order valence-electron chi connectivity index (χ3n) is 3.12. The molecule has 0 aliphatic heterocycles. The van der Waals surface area contributed by atoms with Crippen LogP contribution in [0.15, 0.2) is 46.9 Å². The minimum absolute atomic E-state index is 0.180. The molecule has 0 radical (unpaired) electrons. The number of halogens is 1. The van der Waals surface area contributed by atoms with Gasteiger partial charge in [-0.3, -0.25) is 20.4 Å². The molecule has 2 rings (SSSR count). The molecule has 5 nitrogen and oxygen atoms in total. The molecule has 0 fully saturated rings. The summed E-state index contributed by atoms with van der Waals surface area (Å²) >= 11 is 3.28. The summed E-state index contributed by atoms with van der Waals surface area (Å²) in [5.41, 5.74) is 7.19. The fourth-order valence-corrected chi connectivity index (χ4v) is 2.44. The summed E-state index contributed by atoms with van der Waals surface area (Å²) in [6, 6.07) is 12.6. The van der Waals surface area contributed by atoms with E-state index < -0.39 is 11.8 Å². The van der Waals surface area contributed by atoms with Crippen molar-refractivity contribution < 1.29 is 14.3 Å². The minimum atomic E-state index is -0.439. The predicted octanol–water partition coefficient (Wildman–Crippen LogP) is 2.91. The molecule has 0 spiro atoms. The third-order valence-corrected chi connectivity index (χ3v) is 3.81. The average Bonchev–Trinajstić information content (AvgIpc) is 2.52. The first kappa shape index (κ1) is 17.0. The van der Waals surface area contributed by atoms with Crippen molar-refractivity contribution in [2.75, 3.05) is 6.61 Å². The molecule has 0 aliphatic carbocycles. The molecule has 0 heterocycles. The van der Waals surface area contributed by atoms with Gasteiger partial charge in [0, 0.05) is 4.47 Å². The summed E-state index contributed by atoms with van der Waals surface area (Å²) in [6.45, 7) is 3.72. The molecule has 0 aromatic heterocycles. The van der Waals surface area contributed by atoms with Gasteiger partial charge in [0.25, 0.3) is 11.8 Å². The summed E-state index contributed by atoms with van der Waals surface area (Å²) in [5.74, 6) is -0.203. The van der Waals surface area contributed by atoms with E-state index in [9.17, 15) is 9.59 Å². The van der Waals surface area contributed by atoms with Gasteiger partial charge < -0.3 is 4.74 Å². The standard InChI is InChI=1S/C17H17BrN2O3/c1-11-7-8-15(12(2)9-11)23-10-16(21)19-20-17(22)13-5-3-4-6-14(13)18/h3-9H,10H2,1-2H3,(H,19,21)(H,20,22). The van der Waals surface area contributed by atoms with E-state index >= 15 is 0 Å². The molecule has 0 atom stereocenters. The van der Waals surface area contributed by atoms with Crippen LogP contribution in [0.25, 0.3) is 0 Å². The van der Waals surface area contributed by atoms with Crippen LogP contribution >= 0.6 is 15.9 Å². The number of hydrogen-bond donors (Lipinski definition) is 2. The molecule has 6 heteroatoms. The SMILES string of the molecule is Cc1ccc(OCC(=O)NNC(=O)c2ccccc2Br)c(C)c1. The van der Waals surface area contributed by atoms with Crippen molar-refractivity contribution in [3.63, 3.8) is 0 Å². The van der Waals surface area contributed by atoms with Crippen LogP contribution in [-0.4, -0.2) is 18.4 Å². The van der Waals surface area contributed by atoms with Gasteiger partial charge in [-0.2, -0.15) is 0 Å². The van der Waals surface area contributed by atoms with E-state index in [1.165, 1.54) is 0 Å². The van der Waals surface area contributed by atoms with Gasteiger partial charge in [0.05, 0.1) is 5.56 Å². The Morgan fingerprint density at radius 1 is 1.09 bits per heavy atom. The van der Waals surface area contributed by atoms with Crippen LogP contribution in [0.2, 0.25) is 0 Å². The fraction of sp³-hybridized carbons (Fsp3) is 0.176. The van der Waals surface area contributed by atoms with E-state index in [1.807, 2.05) is 32.0 Å². The number of amides is 2. The van der Waals surface area contributed by atoms with Crippen LogP contribution in [0.1, 0.15) is 21.5 Å². The van der Waals surface area contributed by atoms with E-state index in [0.717, 1.165) is 11.1 Å². The van der Waals surface area contributed by atoms with Gasteiger partial charge >= 0.3 is 0 Å². The van der Waals surface area contributed by atoms with Crippen LogP contribution in [-0.2, 0) is 4.79 Å². The molecule has 23 heavy (non-hydrogen) atoms. The van der Waals surface area contributed by atoms with Gasteiger partial charge in [-0.05, 0) is 53.5 Å².